The van der Waals surface area contributed by atoms with Gasteiger partial charge in [-0.1, -0.05) is 35.4 Å². The highest BCUT2D eigenvalue weighted by Crippen LogP contribution is 2.37. The predicted octanol–water partition coefficient (Wildman–Crippen LogP) is 3.53. The standard InChI is InChI=1S/C15H18ClNO/c1-10-3-8-13(15(18)17-2)14(9-10)11-4-6-12(16)7-5-11/h3-7,13-14H,8-9H2,1-2H3,(H,17,18). The first-order valence-corrected chi connectivity index (χ1v) is 6.62. The summed E-state index contributed by atoms with van der Waals surface area (Å²) >= 11 is 5.91. The molecule has 3 heteroatoms. The maximum absolute atomic E-state index is 12.0. The topological polar surface area (TPSA) is 29.1 Å². The highest BCUT2D eigenvalue weighted by Gasteiger charge is 2.30. The van der Waals surface area contributed by atoms with Gasteiger partial charge in [0.15, 0.2) is 0 Å². The van der Waals surface area contributed by atoms with Gasteiger partial charge in [0, 0.05) is 18.0 Å². The maximum atomic E-state index is 12.0. The number of carbonyl (C=O) groups is 1. The van der Waals surface area contributed by atoms with E-state index in [2.05, 4.69) is 18.3 Å². The third-order valence-corrected chi connectivity index (χ3v) is 3.88. The lowest BCUT2D eigenvalue weighted by molar-refractivity contribution is -0.125. The second-order valence-corrected chi connectivity index (χ2v) is 5.31. The van der Waals surface area contributed by atoms with E-state index in [0.29, 0.717) is 0 Å². The number of rotatable bonds is 2. The predicted molar refractivity (Wildman–Crippen MR) is 74.7 cm³/mol. The van der Waals surface area contributed by atoms with Crippen molar-refractivity contribution in [1.29, 1.82) is 0 Å². The van der Waals surface area contributed by atoms with Crippen LogP contribution in [-0.2, 0) is 4.79 Å². The number of amides is 1. The zero-order valence-electron chi connectivity index (χ0n) is 10.7. The van der Waals surface area contributed by atoms with Crippen LogP contribution in [0.2, 0.25) is 5.02 Å². The molecule has 0 aliphatic heterocycles. The van der Waals surface area contributed by atoms with Gasteiger partial charge in [0.1, 0.15) is 0 Å². The van der Waals surface area contributed by atoms with Crippen molar-refractivity contribution in [3.05, 3.63) is 46.5 Å². The van der Waals surface area contributed by atoms with E-state index in [9.17, 15) is 4.79 Å². The molecule has 1 aromatic rings. The van der Waals surface area contributed by atoms with Crippen LogP contribution in [0.5, 0.6) is 0 Å². The fraction of sp³-hybridized carbons (Fsp3) is 0.400. The molecule has 96 valence electrons. The van der Waals surface area contributed by atoms with E-state index in [1.54, 1.807) is 7.05 Å². The Kier molecular flexibility index (Phi) is 4.07. The SMILES string of the molecule is CNC(=O)C1CC=C(C)CC1c1ccc(Cl)cc1. The third-order valence-electron chi connectivity index (χ3n) is 3.63. The molecule has 1 N–H and O–H groups in total. The van der Waals surface area contributed by atoms with Crippen LogP contribution in [0.4, 0.5) is 0 Å². The first kappa shape index (κ1) is 13.2. The molecular formula is C15H18ClNO. The molecule has 2 unspecified atom stereocenters. The molecule has 0 fully saturated rings. The Hall–Kier alpha value is -1.28. The summed E-state index contributed by atoms with van der Waals surface area (Å²) in [4.78, 5) is 12.0. The second-order valence-electron chi connectivity index (χ2n) is 4.87. The summed E-state index contributed by atoms with van der Waals surface area (Å²) in [5.41, 5.74) is 2.55. The largest absolute Gasteiger partial charge is 0.359 e. The molecule has 0 heterocycles. The van der Waals surface area contributed by atoms with Crippen LogP contribution in [0, 0.1) is 5.92 Å². The number of hydrogen-bond acceptors (Lipinski definition) is 1. The molecule has 0 aromatic heterocycles. The van der Waals surface area contributed by atoms with Gasteiger partial charge >= 0.3 is 0 Å². The van der Waals surface area contributed by atoms with Gasteiger partial charge in [0.05, 0.1) is 0 Å². The zero-order chi connectivity index (χ0) is 13.1. The zero-order valence-corrected chi connectivity index (χ0v) is 11.5. The highest BCUT2D eigenvalue weighted by molar-refractivity contribution is 6.30. The summed E-state index contributed by atoms with van der Waals surface area (Å²) in [6.07, 6.45) is 3.94. The number of allylic oxidation sites excluding steroid dienone is 2. The van der Waals surface area contributed by atoms with E-state index in [4.69, 9.17) is 11.6 Å². The lowest BCUT2D eigenvalue weighted by atomic mass is 9.75. The van der Waals surface area contributed by atoms with E-state index in [1.807, 2.05) is 24.3 Å². The molecule has 18 heavy (non-hydrogen) atoms. The van der Waals surface area contributed by atoms with Crippen molar-refractivity contribution in [3.63, 3.8) is 0 Å². The molecule has 1 amide bonds. The molecule has 2 atom stereocenters. The normalized spacial score (nSPS) is 23.4. The first-order valence-electron chi connectivity index (χ1n) is 6.24. The van der Waals surface area contributed by atoms with Crippen LogP contribution < -0.4 is 5.32 Å². The molecule has 0 bridgehead atoms. The summed E-state index contributed by atoms with van der Waals surface area (Å²) in [5, 5.41) is 3.50. The molecule has 1 aliphatic rings. The van der Waals surface area contributed by atoms with Gasteiger partial charge in [0.2, 0.25) is 5.91 Å². The second kappa shape index (κ2) is 5.57. The summed E-state index contributed by atoms with van der Waals surface area (Å²) in [5.74, 6) is 0.408. The van der Waals surface area contributed by atoms with Gasteiger partial charge in [-0.05, 0) is 43.4 Å². The van der Waals surface area contributed by atoms with Crippen LogP contribution in [0.3, 0.4) is 0 Å². The molecule has 1 aliphatic carbocycles. The van der Waals surface area contributed by atoms with Crippen molar-refractivity contribution < 1.29 is 4.79 Å². The minimum Gasteiger partial charge on any atom is -0.359 e. The van der Waals surface area contributed by atoms with Gasteiger partial charge in [-0.25, -0.2) is 0 Å². The molecule has 0 saturated carbocycles. The Morgan fingerprint density at radius 1 is 1.33 bits per heavy atom. The van der Waals surface area contributed by atoms with E-state index < -0.39 is 0 Å². The summed E-state index contributed by atoms with van der Waals surface area (Å²) in [6.45, 7) is 2.13. The fourth-order valence-electron chi connectivity index (χ4n) is 2.60. The third kappa shape index (κ3) is 2.75. The van der Waals surface area contributed by atoms with E-state index in [0.717, 1.165) is 17.9 Å². The lowest BCUT2D eigenvalue weighted by Crippen LogP contribution is -2.33. The minimum atomic E-state index is 0.0277. The van der Waals surface area contributed by atoms with E-state index in [-0.39, 0.29) is 17.7 Å². The van der Waals surface area contributed by atoms with Crippen LogP contribution >= 0.6 is 11.6 Å². The van der Waals surface area contributed by atoms with Crippen LogP contribution in [0.15, 0.2) is 35.9 Å². The monoisotopic (exact) mass is 263 g/mol. The number of nitrogens with one attached hydrogen (secondary N) is 1. The van der Waals surface area contributed by atoms with Crippen molar-refractivity contribution >= 4 is 17.5 Å². The summed E-state index contributed by atoms with van der Waals surface area (Å²) < 4.78 is 0. The van der Waals surface area contributed by atoms with Crippen LogP contribution in [0.1, 0.15) is 31.2 Å². The Morgan fingerprint density at radius 2 is 2.00 bits per heavy atom. The van der Waals surface area contributed by atoms with Gasteiger partial charge < -0.3 is 5.32 Å². The maximum Gasteiger partial charge on any atom is 0.223 e. The van der Waals surface area contributed by atoms with Crippen molar-refractivity contribution in [2.75, 3.05) is 7.05 Å². The molecule has 1 aromatic carbocycles. The van der Waals surface area contributed by atoms with E-state index >= 15 is 0 Å². The van der Waals surface area contributed by atoms with Crippen molar-refractivity contribution in [1.82, 2.24) is 5.32 Å². The number of hydrogen-bond donors (Lipinski definition) is 1. The summed E-state index contributed by atoms with van der Waals surface area (Å²) in [6, 6.07) is 7.85. The average Bonchev–Trinajstić information content (AvgIpc) is 2.38. The fourth-order valence-corrected chi connectivity index (χ4v) is 2.73. The van der Waals surface area contributed by atoms with Crippen LogP contribution in [0.25, 0.3) is 0 Å². The molecular weight excluding hydrogens is 246 g/mol. The van der Waals surface area contributed by atoms with E-state index in [1.165, 1.54) is 11.1 Å². The van der Waals surface area contributed by atoms with Crippen molar-refractivity contribution in [2.24, 2.45) is 5.92 Å². The number of benzene rings is 1. The Labute approximate surface area is 113 Å². The van der Waals surface area contributed by atoms with Crippen molar-refractivity contribution in [2.45, 2.75) is 25.7 Å². The molecule has 0 spiro atoms. The quantitative estimate of drug-likeness (QED) is 0.813. The Morgan fingerprint density at radius 3 is 2.61 bits per heavy atom. The number of halogens is 1. The van der Waals surface area contributed by atoms with Crippen LogP contribution in [-0.4, -0.2) is 13.0 Å². The van der Waals surface area contributed by atoms with Gasteiger partial charge in [-0.2, -0.15) is 0 Å². The highest BCUT2D eigenvalue weighted by atomic mass is 35.5. The minimum absolute atomic E-state index is 0.0277. The molecule has 2 nitrogen and oxygen atoms in total. The van der Waals surface area contributed by atoms with Crippen molar-refractivity contribution in [3.8, 4) is 0 Å². The summed E-state index contributed by atoms with van der Waals surface area (Å²) in [7, 11) is 1.70. The smallest absolute Gasteiger partial charge is 0.223 e. The molecule has 2 rings (SSSR count). The molecule has 0 saturated heterocycles. The van der Waals surface area contributed by atoms with Gasteiger partial charge in [-0.15, -0.1) is 0 Å². The lowest BCUT2D eigenvalue weighted by Gasteiger charge is -2.29. The Bertz CT molecular complexity index is 464. The van der Waals surface area contributed by atoms with Gasteiger partial charge in [-0.3, -0.25) is 4.79 Å². The average molecular weight is 264 g/mol. The first-order chi connectivity index (χ1) is 8.61. The Balaban J connectivity index is 2.29. The number of carbonyl (C=O) groups excluding carboxylic acids is 1. The molecule has 0 radical (unpaired) electrons. The van der Waals surface area contributed by atoms with Gasteiger partial charge in [0.25, 0.3) is 0 Å².